The summed E-state index contributed by atoms with van der Waals surface area (Å²) in [6, 6.07) is 10.9. The standard InChI is InChI=1S/C26H27F2N5O2/c1-17-5-3-4-6-19(17)25(34)33-10-9-23-20(16-33)24(35-18-7-8-21(27)22(28)15-18)30-26(29-23)32-13-11-31(2)12-14-32/h3-8,15H,9-14,16H2,1-2H3. The number of carbonyl (C=O) groups excluding carboxylic acids is 1. The van der Waals surface area contributed by atoms with Crippen LogP contribution < -0.4 is 9.64 Å². The second-order valence-electron chi connectivity index (χ2n) is 9.01. The Morgan fingerprint density at radius 3 is 2.49 bits per heavy atom. The first-order chi connectivity index (χ1) is 16.9. The fraction of sp³-hybridized carbons (Fsp3) is 0.346. The van der Waals surface area contributed by atoms with Gasteiger partial charge in [-0.05, 0) is 37.7 Å². The predicted octanol–water partition coefficient (Wildman–Crippen LogP) is 3.81. The number of ether oxygens (including phenoxy) is 1. The van der Waals surface area contributed by atoms with Crippen molar-refractivity contribution >= 4 is 11.9 Å². The summed E-state index contributed by atoms with van der Waals surface area (Å²) in [5, 5.41) is 0. The number of piperazine rings is 1. The first-order valence-electron chi connectivity index (χ1n) is 11.7. The lowest BCUT2D eigenvalue weighted by atomic mass is 10.0. The van der Waals surface area contributed by atoms with Crippen LogP contribution in [0.1, 0.15) is 27.2 Å². The summed E-state index contributed by atoms with van der Waals surface area (Å²) in [5.41, 5.74) is 3.04. The molecule has 0 aliphatic carbocycles. The number of amides is 1. The summed E-state index contributed by atoms with van der Waals surface area (Å²) < 4.78 is 33.3. The number of nitrogens with zero attached hydrogens (tertiary/aromatic N) is 5. The van der Waals surface area contributed by atoms with Gasteiger partial charge in [-0.2, -0.15) is 4.98 Å². The Labute approximate surface area is 203 Å². The van der Waals surface area contributed by atoms with E-state index in [0.29, 0.717) is 30.0 Å². The lowest BCUT2D eigenvalue weighted by Gasteiger charge is -2.34. The SMILES string of the molecule is Cc1ccccc1C(=O)N1CCc2nc(N3CCN(C)CC3)nc(Oc3ccc(F)c(F)c3)c2C1. The maximum absolute atomic E-state index is 13.9. The number of aromatic nitrogens is 2. The Hall–Kier alpha value is -3.59. The molecule has 35 heavy (non-hydrogen) atoms. The zero-order valence-corrected chi connectivity index (χ0v) is 19.8. The van der Waals surface area contributed by atoms with Crippen molar-refractivity contribution in [3.63, 3.8) is 0 Å². The van der Waals surface area contributed by atoms with E-state index in [1.807, 2.05) is 31.2 Å². The van der Waals surface area contributed by atoms with Gasteiger partial charge in [0.05, 0.1) is 17.8 Å². The smallest absolute Gasteiger partial charge is 0.254 e. The highest BCUT2D eigenvalue weighted by Crippen LogP contribution is 2.33. The van der Waals surface area contributed by atoms with Gasteiger partial charge < -0.3 is 19.4 Å². The number of aryl methyl sites for hydroxylation is 1. The molecule has 0 atom stereocenters. The molecular weight excluding hydrogens is 452 g/mol. The maximum atomic E-state index is 13.9. The lowest BCUT2D eigenvalue weighted by Crippen LogP contribution is -2.45. The van der Waals surface area contributed by atoms with Crippen molar-refractivity contribution in [2.24, 2.45) is 0 Å². The van der Waals surface area contributed by atoms with Crippen LogP contribution >= 0.6 is 0 Å². The zero-order chi connectivity index (χ0) is 24.5. The molecule has 0 spiro atoms. The van der Waals surface area contributed by atoms with E-state index < -0.39 is 11.6 Å². The van der Waals surface area contributed by atoms with E-state index >= 15 is 0 Å². The highest BCUT2D eigenvalue weighted by atomic mass is 19.2. The van der Waals surface area contributed by atoms with Crippen LogP contribution in [0.4, 0.5) is 14.7 Å². The van der Waals surface area contributed by atoms with Gasteiger partial charge in [-0.1, -0.05) is 18.2 Å². The van der Waals surface area contributed by atoms with Gasteiger partial charge in [-0.25, -0.2) is 13.8 Å². The summed E-state index contributed by atoms with van der Waals surface area (Å²) in [7, 11) is 2.07. The molecule has 1 fully saturated rings. The number of rotatable bonds is 4. The number of fused-ring (bicyclic) bond motifs is 1. The molecule has 3 heterocycles. The van der Waals surface area contributed by atoms with Crippen molar-refractivity contribution in [3.8, 4) is 11.6 Å². The Kier molecular flexibility index (Phi) is 6.34. The summed E-state index contributed by atoms with van der Waals surface area (Å²) in [5.74, 6) is -1.08. The van der Waals surface area contributed by atoms with E-state index in [1.54, 1.807) is 4.90 Å². The van der Waals surface area contributed by atoms with Crippen LogP contribution in [0.3, 0.4) is 0 Å². The van der Waals surface area contributed by atoms with Crippen LogP contribution in [-0.2, 0) is 13.0 Å². The van der Waals surface area contributed by atoms with Gasteiger partial charge in [0, 0.05) is 50.8 Å². The highest BCUT2D eigenvalue weighted by molar-refractivity contribution is 5.95. The number of hydrogen-bond acceptors (Lipinski definition) is 6. The van der Waals surface area contributed by atoms with Crippen molar-refractivity contribution < 1.29 is 18.3 Å². The quantitative estimate of drug-likeness (QED) is 0.567. The molecular formula is C26H27F2N5O2. The average molecular weight is 480 g/mol. The van der Waals surface area contributed by atoms with E-state index in [-0.39, 0.29) is 24.1 Å². The summed E-state index contributed by atoms with van der Waals surface area (Å²) in [4.78, 5) is 28.9. The van der Waals surface area contributed by atoms with Crippen LogP contribution in [0.15, 0.2) is 42.5 Å². The van der Waals surface area contributed by atoms with Gasteiger partial charge in [0.2, 0.25) is 11.8 Å². The van der Waals surface area contributed by atoms with Crippen LogP contribution in [0.25, 0.3) is 0 Å². The number of likely N-dealkylation sites (N-methyl/N-ethyl adjacent to an activating group) is 1. The minimum atomic E-state index is -0.999. The van der Waals surface area contributed by atoms with E-state index in [4.69, 9.17) is 9.72 Å². The fourth-order valence-corrected chi connectivity index (χ4v) is 4.41. The molecule has 0 saturated carbocycles. The number of halogens is 2. The molecule has 2 aliphatic rings. The molecule has 9 heteroatoms. The number of anilines is 1. The molecule has 3 aromatic rings. The van der Waals surface area contributed by atoms with Gasteiger partial charge in [0.25, 0.3) is 5.91 Å². The van der Waals surface area contributed by atoms with Gasteiger partial charge in [0.15, 0.2) is 11.6 Å². The summed E-state index contributed by atoms with van der Waals surface area (Å²) in [6.45, 7) is 6.02. The molecule has 1 aromatic heterocycles. The third kappa shape index (κ3) is 4.81. The molecule has 1 saturated heterocycles. The second kappa shape index (κ2) is 9.58. The van der Waals surface area contributed by atoms with Gasteiger partial charge >= 0.3 is 0 Å². The Balaban J connectivity index is 1.49. The molecule has 0 N–H and O–H groups in total. The summed E-state index contributed by atoms with van der Waals surface area (Å²) in [6.07, 6.45) is 0.546. The maximum Gasteiger partial charge on any atom is 0.254 e. The normalized spacial score (nSPS) is 16.2. The molecule has 0 radical (unpaired) electrons. The van der Waals surface area contributed by atoms with Gasteiger partial charge in [0.1, 0.15) is 5.75 Å². The highest BCUT2D eigenvalue weighted by Gasteiger charge is 2.29. The molecule has 2 aliphatic heterocycles. The Morgan fingerprint density at radius 2 is 1.74 bits per heavy atom. The molecule has 0 unspecified atom stereocenters. The fourth-order valence-electron chi connectivity index (χ4n) is 4.41. The second-order valence-corrected chi connectivity index (χ2v) is 9.01. The molecule has 7 nitrogen and oxygen atoms in total. The molecule has 0 bridgehead atoms. The average Bonchev–Trinajstić information content (AvgIpc) is 2.86. The van der Waals surface area contributed by atoms with Crippen LogP contribution in [0.5, 0.6) is 11.6 Å². The monoisotopic (exact) mass is 479 g/mol. The van der Waals surface area contributed by atoms with Gasteiger partial charge in [-0.3, -0.25) is 4.79 Å². The van der Waals surface area contributed by atoms with E-state index in [2.05, 4.69) is 21.8 Å². The Bertz CT molecular complexity index is 1260. The van der Waals surface area contributed by atoms with Crippen LogP contribution in [0, 0.1) is 18.6 Å². The van der Waals surface area contributed by atoms with Gasteiger partial charge in [-0.15, -0.1) is 0 Å². The minimum Gasteiger partial charge on any atom is -0.438 e. The van der Waals surface area contributed by atoms with Crippen LogP contribution in [-0.4, -0.2) is 65.4 Å². The van der Waals surface area contributed by atoms with Crippen LogP contribution in [0.2, 0.25) is 0 Å². The Morgan fingerprint density at radius 1 is 0.971 bits per heavy atom. The van der Waals surface area contributed by atoms with Crippen molar-refractivity contribution in [2.45, 2.75) is 19.9 Å². The first-order valence-corrected chi connectivity index (χ1v) is 11.7. The molecule has 1 amide bonds. The van der Waals surface area contributed by atoms with E-state index in [9.17, 15) is 13.6 Å². The van der Waals surface area contributed by atoms with Crippen molar-refractivity contribution in [1.82, 2.24) is 19.8 Å². The summed E-state index contributed by atoms with van der Waals surface area (Å²) >= 11 is 0. The largest absolute Gasteiger partial charge is 0.438 e. The molecule has 2 aromatic carbocycles. The minimum absolute atomic E-state index is 0.0735. The topological polar surface area (TPSA) is 61.8 Å². The van der Waals surface area contributed by atoms with Crippen molar-refractivity contribution in [2.75, 3.05) is 44.7 Å². The lowest BCUT2D eigenvalue weighted by molar-refractivity contribution is 0.0731. The third-order valence-electron chi connectivity index (χ3n) is 6.56. The van der Waals surface area contributed by atoms with Crippen molar-refractivity contribution in [1.29, 1.82) is 0 Å². The van der Waals surface area contributed by atoms with E-state index in [0.717, 1.165) is 49.6 Å². The molecule has 182 valence electrons. The van der Waals surface area contributed by atoms with E-state index in [1.165, 1.54) is 6.07 Å². The first kappa shape index (κ1) is 23.2. The third-order valence-corrected chi connectivity index (χ3v) is 6.56. The number of benzene rings is 2. The molecule has 5 rings (SSSR count). The predicted molar refractivity (Wildman–Crippen MR) is 128 cm³/mol. The number of hydrogen-bond donors (Lipinski definition) is 0. The number of carbonyl (C=O) groups is 1. The van der Waals surface area contributed by atoms with Crippen molar-refractivity contribution in [3.05, 3.63) is 76.5 Å². The zero-order valence-electron chi connectivity index (χ0n) is 19.8.